The van der Waals surface area contributed by atoms with E-state index in [1.165, 1.54) is 12.0 Å². The molecule has 1 aromatic heterocycles. The lowest BCUT2D eigenvalue weighted by atomic mass is 10.1. The van der Waals surface area contributed by atoms with E-state index in [0.717, 1.165) is 23.3 Å². The molecule has 174 valence electrons. The minimum atomic E-state index is -0.129. The number of thiophene rings is 1. The van der Waals surface area contributed by atoms with E-state index in [1.54, 1.807) is 30.5 Å². The van der Waals surface area contributed by atoms with Crippen LogP contribution in [0.5, 0.6) is 11.5 Å². The summed E-state index contributed by atoms with van der Waals surface area (Å²) in [5.41, 5.74) is 1.05. The van der Waals surface area contributed by atoms with E-state index in [9.17, 15) is 9.59 Å². The van der Waals surface area contributed by atoms with E-state index in [2.05, 4.69) is 19.1 Å². The van der Waals surface area contributed by atoms with Gasteiger partial charge in [-0.25, -0.2) is 0 Å². The van der Waals surface area contributed by atoms with Gasteiger partial charge in [0.1, 0.15) is 13.2 Å². The average molecular weight is 461 g/mol. The monoisotopic (exact) mass is 460 g/mol. The lowest BCUT2D eigenvalue weighted by molar-refractivity contribution is -0.143. The molecule has 0 unspecified atom stereocenters. The fourth-order valence-corrected chi connectivity index (χ4v) is 4.52. The summed E-state index contributed by atoms with van der Waals surface area (Å²) in [6.07, 6.45) is 2.56. The van der Waals surface area contributed by atoms with E-state index < -0.39 is 0 Å². The average Bonchev–Trinajstić information content (AvgIpc) is 3.55. The molecular formula is C24H32N2O5S. The van der Waals surface area contributed by atoms with Gasteiger partial charge >= 0.3 is 0 Å². The molecule has 1 aliphatic carbocycles. The smallest absolute Gasteiger partial charge is 0.249 e. The molecule has 0 saturated heterocycles. The molecule has 0 bridgehead atoms. The van der Waals surface area contributed by atoms with Gasteiger partial charge in [-0.15, -0.1) is 11.3 Å². The molecule has 8 heteroatoms. The molecular weight excluding hydrogens is 428 g/mol. The van der Waals surface area contributed by atoms with Crippen LogP contribution in [0.15, 0.2) is 30.3 Å². The van der Waals surface area contributed by atoms with Crippen LogP contribution < -0.4 is 9.47 Å². The highest BCUT2D eigenvalue weighted by atomic mass is 32.1. The Labute approximate surface area is 193 Å². The molecule has 0 atom stereocenters. The predicted molar refractivity (Wildman–Crippen MR) is 124 cm³/mol. The van der Waals surface area contributed by atoms with Crippen LogP contribution in [0.1, 0.15) is 28.2 Å². The number of hydrogen-bond donors (Lipinski definition) is 0. The summed E-state index contributed by atoms with van der Waals surface area (Å²) >= 11 is 1.69. The van der Waals surface area contributed by atoms with Crippen molar-refractivity contribution in [2.75, 3.05) is 41.0 Å². The number of amides is 2. The highest BCUT2D eigenvalue weighted by Crippen LogP contribution is 2.29. The third-order valence-electron chi connectivity index (χ3n) is 5.50. The van der Waals surface area contributed by atoms with Crippen molar-refractivity contribution < 1.29 is 23.8 Å². The van der Waals surface area contributed by atoms with Crippen molar-refractivity contribution in [3.05, 3.63) is 45.6 Å². The van der Waals surface area contributed by atoms with Crippen LogP contribution in [-0.2, 0) is 27.3 Å². The first-order valence-corrected chi connectivity index (χ1v) is 11.6. The van der Waals surface area contributed by atoms with Crippen LogP contribution in [0.4, 0.5) is 0 Å². The van der Waals surface area contributed by atoms with E-state index in [4.69, 9.17) is 14.2 Å². The molecule has 1 fully saturated rings. The van der Waals surface area contributed by atoms with Gasteiger partial charge in [-0.2, -0.15) is 0 Å². The molecule has 2 amide bonds. The first kappa shape index (κ1) is 24.1. The molecule has 1 aromatic carbocycles. The number of methoxy groups -OCH3 is 3. The molecule has 0 spiro atoms. The Bertz CT molecular complexity index is 925. The topological polar surface area (TPSA) is 68.3 Å². The van der Waals surface area contributed by atoms with Gasteiger partial charge in [0.25, 0.3) is 0 Å². The third kappa shape index (κ3) is 6.46. The minimum absolute atomic E-state index is 0.000454. The normalized spacial score (nSPS) is 13.0. The maximum absolute atomic E-state index is 13.3. The standard InChI is InChI=1S/C24H32N2O5S/c1-17-5-9-20(32-17)14-25(12-11-18-6-10-21(30-3)22(13-18)31-4)23(27)15-26(19-7-8-19)24(28)16-29-2/h5-6,9-10,13,19H,7-8,11-12,14-16H2,1-4H3. The quantitative estimate of drug-likeness (QED) is 0.486. The van der Waals surface area contributed by atoms with Gasteiger partial charge in [0.15, 0.2) is 11.5 Å². The second-order valence-electron chi connectivity index (χ2n) is 7.95. The van der Waals surface area contributed by atoms with E-state index in [1.807, 2.05) is 23.1 Å². The number of ether oxygens (including phenoxy) is 3. The van der Waals surface area contributed by atoms with Gasteiger partial charge in [0, 0.05) is 29.5 Å². The highest BCUT2D eigenvalue weighted by Gasteiger charge is 2.34. The number of rotatable bonds is 12. The van der Waals surface area contributed by atoms with Gasteiger partial charge in [-0.05, 0) is 56.0 Å². The fraction of sp³-hybridized carbons (Fsp3) is 0.500. The second-order valence-corrected chi connectivity index (χ2v) is 9.33. The van der Waals surface area contributed by atoms with Crippen LogP contribution in [0.3, 0.4) is 0 Å². The maximum Gasteiger partial charge on any atom is 0.249 e. The highest BCUT2D eigenvalue weighted by molar-refractivity contribution is 7.11. The van der Waals surface area contributed by atoms with Gasteiger partial charge in [0.05, 0.1) is 20.8 Å². The summed E-state index contributed by atoms with van der Waals surface area (Å²) in [6.45, 7) is 3.22. The van der Waals surface area contributed by atoms with Crippen molar-refractivity contribution >= 4 is 23.2 Å². The van der Waals surface area contributed by atoms with Crippen molar-refractivity contribution in [1.29, 1.82) is 0 Å². The number of benzene rings is 1. The second kappa shape index (κ2) is 11.3. The van der Waals surface area contributed by atoms with Gasteiger partial charge in [-0.1, -0.05) is 6.07 Å². The number of nitrogens with zero attached hydrogens (tertiary/aromatic N) is 2. The Morgan fingerprint density at radius 1 is 1.03 bits per heavy atom. The molecule has 0 aliphatic heterocycles. The summed E-state index contributed by atoms with van der Waals surface area (Å²) in [7, 11) is 4.72. The molecule has 1 saturated carbocycles. The first-order chi connectivity index (χ1) is 15.4. The number of carbonyl (C=O) groups is 2. The van der Waals surface area contributed by atoms with Crippen LogP contribution in [0.2, 0.25) is 0 Å². The Morgan fingerprint density at radius 3 is 2.38 bits per heavy atom. The van der Waals surface area contributed by atoms with Gasteiger partial charge in [-0.3, -0.25) is 9.59 Å². The van der Waals surface area contributed by atoms with Crippen LogP contribution in [-0.4, -0.2) is 68.7 Å². The summed E-state index contributed by atoms with van der Waals surface area (Å²) in [5, 5.41) is 0. The lowest BCUT2D eigenvalue weighted by Gasteiger charge is -2.27. The van der Waals surface area contributed by atoms with Crippen molar-refractivity contribution in [3.63, 3.8) is 0 Å². The van der Waals surface area contributed by atoms with Gasteiger partial charge in [0.2, 0.25) is 11.8 Å². The van der Waals surface area contributed by atoms with Crippen LogP contribution >= 0.6 is 11.3 Å². The predicted octanol–water partition coefficient (Wildman–Crippen LogP) is 3.28. The van der Waals surface area contributed by atoms with Crippen molar-refractivity contribution in [3.8, 4) is 11.5 Å². The molecule has 1 aliphatic rings. The Kier molecular flexibility index (Phi) is 8.53. The summed E-state index contributed by atoms with van der Waals surface area (Å²) in [4.78, 5) is 31.6. The zero-order valence-electron chi connectivity index (χ0n) is 19.3. The molecule has 0 N–H and O–H groups in total. The Hall–Kier alpha value is -2.58. The molecule has 2 aromatic rings. The Balaban J connectivity index is 1.72. The van der Waals surface area contributed by atoms with Crippen molar-refractivity contribution in [2.45, 2.75) is 38.8 Å². The number of carbonyl (C=O) groups excluding carboxylic acids is 2. The molecule has 32 heavy (non-hydrogen) atoms. The number of aryl methyl sites for hydroxylation is 1. The first-order valence-electron chi connectivity index (χ1n) is 10.8. The van der Waals surface area contributed by atoms with E-state index in [0.29, 0.717) is 31.0 Å². The fourth-order valence-electron chi connectivity index (χ4n) is 3.61. The zero-order valence-corrected chi connectivity index (χ0v) is 20.1. The maximum atomic E-state index is 13.3. The summed E-state index contributed by atoms with van der Waals surface area (Å²) in [6, 6.07) is 10.1. The SMILES string of the molecule is COCC(=O)N(CC(=O)N(CCc1ccc(OC)c(OC)c1)Cc1ccc(C)s1)C1CC1. The molecule has 3 rings (SSSR count). The lowest BCUT2D eigenvalue weighted by Crippen LogP contribution is -2.45. The number of hydrogen-bond acceptors (Lipinski definition) is 6. The third-order valence-corrected chi connectivity index (χ3v) is 6.48. The van der Waals surface area contributed by atoms with E-state index >= 15 is 0 Å². The largest absolute Gasteiger partial charge is 0.493 e. The Morgan fingerprint density at radius 2 is 1.78 bits per heavy atom. The zero-order chi connectivity index (χ0) is 23.1. The molecule has 1 heterocycles. The molecule has 0 radical (unpaired) electrons. The van der Waals surface area contributed by atoms with Crippen LogP contribution in [0.25, 0.3) is 0 Å². The van der Waals surface area contributed by atoms with Gasteiger partial charge < -0.3 is 24.0 Å². The minimum Gasteiger partial charge on any atom is -0.493 e. The molecule has 7 nitrogen and oxygen atoms in total. The van der Waals surface area contributed by atoms with E-state index in [-0.39, 0.29) is 31.0 Å². The summed E-state index contributed by atoms with van der Waals surface area (Å²) < 4.78 is 15.7. The van der Waals surface area contributed by atoms with Crippen LogP contribution in [0, 0.1) is 6.92 Å². The van der Waals surface area contributed by atoms with Crippen molar-refractivity contribution in [2.24, 2.45) is 0 Å². The van der Waals surface area contributed by atoms with Crippen molar-refractivity contribution in [1.82, 2.24) is 9.80 Å². The summed E-state index contributed by atoms with van der Waals surface area (Å²) in [5.74, 6) is 1.17.